The molecule has 1 aliphatic rings. The number of aliphatic hydroxyl groups is 1. The molecule has 0 spiro atoms. The molecule has 5 rings (SSSR count). The van der Waals surface area contributed by atoms with E-state index >= 15 is 4.39 Å². The maximum Gasteiger partial charge on any atom is 0.416 e. The number of nitrogens with one attached hydrogen (secondary N) is 2. The third-order valence-corrected chi connectivity index (χ3v) is 8.51. The van der Waals surface area contributed by atoms with Crippen molar-refractivity contribution in [3.8, 4) is 11.1 Å². The van der Waals surface area contributed by atoms with E-state index in [1.807, 2.05) is 42.5 Å². The van der Waals surface area contributed by atoms with Gasteiger partial charge in [0.15, 0.2) is 0 Å². The highest BCUT2D eigenvalue weighted by Crippen LogP contribution is 2.39. The summed E-state index contributed by atoms with van der Waals surface area (Å²) in [5.74, 6) is -0.452. The third kappa shape index (κ3) is 7.55. The van der Waals surface area contributed by atoms with Crippen LogP contribution in [-0.2, 0) is 18.1 Å². The quantitative estimate of drug-likeness (QED) is 0.153. The smallest absolute Gasteiger partial charge is 0.390 e. The van der Waals surface area contributed by atoms with Crippen LogP contribution in [0.2, 0.25) is 0 Å². The number of pyridine rings is 1. The van der Waals surface area contributed by atoms with E-state index in [-0.39, 0.29) is 12.1 Å². The van der Waals surface area contributed by atoms with Crippen LogP contribution in [0.4, 0.5) is 17.6 Å². The standard InChI is InChI=1S/C36H37F4N3O/c1-25(31-21-27(15-16-32(31)37)28-12-9-19-41-23-28)43-33(20-26-10-4-2-5-11-26)34(44)24-42-35(17-6-3-7-18-35)29-13-8-14-30(22-29)36(38,39)40/h2,4-5,8-16,19,21-23,33-34,42-44H,1,3,6-7,17-18,20,24H2/t33-,34+/m0/s1. The molecule has 4 aromatic rings. The molecule has 0 unspecified atom stereocenters. The molecular formula is C36H37F4N3O. The number of halogens is 4. The van der Waals surface area contributed by atoms with E-state index in [1.165, 1.54) is 18.2 Å². The second-order valence-corrected chi connectivity index (χ2v) is 11.5. The van der Waals surface area contributed by atoms with E-state index in [0.29, 0.717) is 30.5 Å². The number of hydrogen-bond acceptors (Lipinski definition) is 4. The third-order valence-electron chi connectivity index (χ3n) is 8.51. The molecule has 3 N–H and O–H groups in total. The maximum absolute atomic E-state index is 15.1. The molecule has 0 radical (unpaired) electrons. The lowest BCUT2D eigenvalue weighted by molar-refractivity contribution is -0.137. The summed E-state index contributed by atoms with van der Waals surface area (Å²) < 4.78 is 55.9. The molecule has 44 heavy (non-hydrogen) atoms. The summed E-state index contributed by atoms with van der Waals surface area (Å²) in [4.78, 5) is 4.15. The van der Waals surface area contributed by atoms with Gasteiger partial charge in [-0.25, -0.2) is 4.39 Å². The molecule has 1 aromatic heterocycles. The van der Waals surface area contributed by atoms with Gasteiger partial charge < -0.3 is 15.7 Å². The number of alkyl halides is 3. The number of aromatic nitrogens is 1. The molecule has 0 aliphatic heterocycles. The molecular weight excluding hydrogens is 566 g/mol. The average Bonchev–Trinajstić information content (AvgIpc) is 3.04. The van der Waals surface area contributed by atoms with Gasteiger partial charge >= 0.3 is 6.18 Å². The fourth-order valence-corrected chi connectivity index (χ4v) is 6.08. The second-order valence-electron chi connectivity index (χ2n) is 11.5. The lowest BCUT2D eigenvalue weighted by Gasteiger charge is -2.40. The van der Waals surface area contributed by atoms with Gasteiger partial charge in [0.1, 0.15) is 5.82 Å². The summed E-state index contributed by atoms with van der Waals surface area (Å²) >= 11 is 0. The van der Waals surface area contributed by atoms with Gasteiger partial charge in [-0.15, -0.1) is 0 Å². The lowest BCUT2D eigenvalue weighted by Crippen LogP contribution is -2.52. The van der Waals surface area contributed by atoms with Crippen LogP contribution in [0.25, 0.3) is 16.8 Å². The minimum atomic E-state index is -4.44. The summed E-state index contributed by atoms with van der Waals surface area (Å²) in [6, 6.07) is 23.0. The van der Waals surface area contributed by atoms with E-state index in [0.717, 1.165) is 42.0 Å². The molecule has 8 heteroatoms. The van der Waals surface area contributed by atoms with Crippen LogP contribution >= 0.6 is 0 Å². The molecule has 230 valence electrons. The predicted molar refractivity (Wildman–Crippen MR) is 166 cm³/mol. The second kappa shape index (κ2) is 13.7. The number of rotatable bonds is 11. The Balaban J connectivity index is 1.39. The molecule has 1 saturated carbocycles. The molecule has 4 nitrogen and oxygen atoms in total. The summed E-state index contributed by atoms with van der Waals surface area (Å²) in [5, 5.41) is 18.4. The Hall–Kier alpha value is -4.01. The maximum atomic E-state index is 15.1. The Morgan fingerprint density at radius 1 is 0.909 bits per heavy atom. The van der Waals surface area contributed by atoms with Gasteiger partial charge in [0.2, 0.25) is 0 Å². The Morgan fingerprint density at radius 3 is 2.39 bits per heavy atom. The van der Waals surface area contributed by atoms with Gasteiger partial charge in [-0.1, -0.05) is 80.4 Å². The zero-order valence-electron chi connectivity index (χ0n) is 24.5. The zero-order valence-corrected chi connectivity index (χ0v) is 24.5. The van der Waals surface area contributed by atoms with Crippen molar-refractivity contribution in [2.75, 3.05) is 6.54 Å². The number of aliphatic hydroxyl groups excluding tert-OH is 1. The highest BCUT2D eigenvalue weighted by molar-refractivity contribution is 5.71. The van der Waals surface area contributed by atoms with E-state index < -0.39 is 35.2 Å². The van der Waals surface area contributed by atoms with Crippen LogP contribution in [0.15, 0.2) is 104 Å². The summed E-state index contributed by atoms with van der Waals surface area (Å²) in [6.07, 6.45) is 2.45. The van der Waals surface area contributed by atoms with Crippen LogP contribution in [0.1, 0.15) is 54.4 Å². The topological polar surface area (TPSA) is 57.2 Å². The van der Waals surface area contributed by atoms with Crippen molar-refractivity contribution in [3.63, 3.8) is 0 Å². The Morgan fingerprint density at radius 2 is 1.68 bits per heavy atom. The molecule has 2 atom stereocenters. The average molecular weight is 604 g/mol. The van der Waals surface area contributed by atoms with Crippen molar-refractivity contribution < 1.29 is 22.7 Å². The van der Waals surface area contributed by atoms with E-state index in [9.17, 15) is 18.3 Å². The van der Waals surface area contributed by atoms with Crippen molar-refractivity contribution in [3.05, 3.63) is 132 Å². The van der Waals surface area contributed by atoms with Gasteiger partial charge in [-0.3, -0.25) is 4.98 Å². The lowest BCUT2D eigenvalue weighted by atomic mass is 9.76. The summed E-state index contributed by atoms with van der Waals surface area (Å²) in [7, 11) is 0. The Labute approximate surface area is 255 Å². The highest BCUT2D eigenvalue weighted by atomic mass is 19.4. The van der Waals surface area contributed by atoms with Gasteiger partial charge in [0.25, 0.3) is 0 Å². The van der Waals surface area contributed by atoms with Crippen molar-refractivity contribution >= 4 is 5.70 Å². The van der Waals surface area contributed by atoms with Crippen LogP contribution in [0, 0.1) is 5.82 Å². The van der Waals surface area contributed by atoms with Crippen molar-refractivity contribution in [1.82, 2.24) is 15.6 Å². The molecule has 1 aliphatic carbocycles. The van der Waals surface area contributed by atoms with Gasteiger partial charge in [0, 0.05) is 41.3 Å². The number of benzene rings is 3. The van der Waals surface area contributed by atoms with Crippen LogP contribution < -0.4 is 10.6 Å². The predicted octanol–water partition coefficient (Wildman–Crippen LogP) is 7.89. The molecule has 3 aromatic carbocycles. The van der Waals surface area contributed by atoms with Gasteiger partial charge in [-0.05, 0) is 66.3 Å². The normalized spacial score (nSPS) is 16.2. The first kappa shape index (κ1) is 31.4. The summed E-state index contributed by atoms with van der Waals surface area (Å²) in [6.45, 7) is 4.24. The van der Waals surface area contributed by atoms with E-state index in [1.54, 1.807) is 30.6 Å². The number of hydrogen-bond donors (Lipinski definition) is 3. The molecule has 0 saturated heterocycles. The first-order chi connectivity index (χ1) is 21.1. The molecule has 1 fully saturated rings. The first-order valence-corrected chi connectivity index (χ1v) is 15.0. The minimum Gasteiger partial charge on any atom is -0.390 e. The molecule has 0 bridgehead atoms. The van der Waals surface area contributed by atoms with Crippen molar-refractivity contribution in [2.45, 2.75) is 62.4 Å². The molecule has 1 heterocycles. The van der Waals surface area contributed by atoms with Crippen LogP contribution in [0.5, 0.6) is 0 Å². The fourth-order valence-electron chi connectivity index (χ4n) is 6.08. The first-order valence-electron chi connectivity index (χ1n) is 15.0. The minimum absolute atomic E-state index is 0.117. The van der Waals surface area contributed by atoms with E-state index in [2.05, 4.69) is 22.2 Å². The van der Waals surface area contributed by atoms with Gasteiger partial charge in [0.05, 0.1) is 17.7 Å². The van der Waals surface area contributed by atoms with E-state index in [4.69, 9.17) is 0 Å². The number of nitrogens with zero attached hydrogens (tertiary/aromatic N) is 1. The fraction of sp³-hybridized carbons (Fsp3) is 0.306. The van der Waals surface area contributed by atoms with Crippen molar-refractivity contribution in [1.29, 1.82) is 0 Å². The monoisotopic (exact) mass is 603 g/mol. The highest BCUT2D eigenvalue weighted by Gasteiger charge is 2.37. The Bertz CT molecular complexity index is 1540. The van der Waals surface area contributed by atoms with Crippen molar-refractivity contribution in [2.24, 2.45) is 0 Å². The molecule has 0 amide bonds. The Kier molecular flexibility index (Phi) is 9.81. The van der Waals surface area contributed by atoms with Crippen LogP contribution in [0.3, 0.4) is 0 Å². The zero-order chi connectivity index (χ0) is 31.2. The summed E-state index contributed by atoms with van der Waals surface area (Å²) in [5.41, 5.74) is 2.36. The van der Waals surface area contributed by atoms with Gasteiger partial charge in [-0.2, -0.15) is 13.2 Å². The largest absolute Gasteiger partial charge is 0.416 e. The van der Waals surface area contributed by atoms with Crippen LogP contribution in [-0.4, -0.2) is 28.8 Å². The SMILES string of the molecule is C=C(N[C@@H](Cc1ccccc1)[C@H](O)CNC1(c2cccc(C(F)(F)F)c2)CCCCC1)c1cc(-c2cccnc2)ccc1F.